The fraction of sp³-hybridized carbons (Fsp3) is 0.333. The standard InChI is InChI=1S/C9H6ClF5N2O/c10-7(18)6-3(8(11)12)1-5(9(13,14)15)17-4(6)2-16/h1,8H,2,16H2. The molecule has 0 aromatic carbocycles. The van der Waals surface area contributed by atoms with Crippen molar-refractivity contribution in [2.45, 2.75) is 19.1 Å². The van der Waals surface area contributed by atoms with Crippen LogP contribution in [0.5, 0.6) is 0 Å². The van der Waals surface area contributed by atoms with Gasteiger partial charge in [-0.25, -0.2) is 13.8 Å². The van der Waals surface area contributed by atoms with Crippen LogP contribution >= 0.6 is 11.6 Å². The summed E-state index contributed by atoms with van der Waals surface area (Å²) >= 11 is 5.05. The van der Waals surface area contributed by atoms with Crippen molar-refractivity contribution < 1.29 is 26.7 Å². The topological polar surface area (TPSA) is 56.0 Å². The van der Waals surface area contributed by atoms with Crippen LogP contribution in [0.15, 0.2) is 6.07 Å². The number of carbonyl (C=O) groups is 1. The van der Waals surface area contributed by atoms with Crippen molar-refractivity contribution in [3.63, 3.8) is 0 Å². The molecule has 3 nitrogen and oxygen atoms in total. The molecule has 0 aliphatic rings. The Balaban J connectivity index is 3.59. The van der Waals surface area contributed by atoms with Gasteiger partial charge in [0.1, 0.15) is 5.69 Å². The second-order valence-corrected chi connectivity index (χ2v) is 3.54. The molecule has 0 aliphatic carbocycles. The molecule has 0 amide bonds. The largest absolute Gasteiger partial charge is 0.433 e. The van der Waals surface area contributed by atoms with Gasteiger partial charge >= 0.3 is 6.18 Å². The third-order valence-electron chi connectivity index (χ3n) is 2.04. The molecule has 0 fully saturated rings. The van der Waals surface area contributed by atoms with Crippen molar-refractivity contribution in [3.8, 4) is 0 Å². The highest BCUT2D eigenvalue weighted by Gasteiger charge is 2.36. The molecule has 0 unspecified atom stereocenters. The van der Waals surface area contributed by atoms with Crippen molar-refractivity contribution in [2.24, 2.45) is 5.73 Å². The van der Waals surface area contributed by atoms with E-state index >= 15 is 0 Å². The molecule has 0 aliphatic heterocycles. The molecule has 1 aromatic rings. The average Bonchev–Trinajstić information content (AvgIpc) is 2.25. The van der Waals surface area contributed by atoms with Crippen LogP contribution in [0.2, 0.25) is 0 Å². The summed E-state index contributed by atoms with van der Waals surface area (Å²) in [6.07, 6.45) is -8.21. The van der Waals surface area contributed by atoms with E-state index in [9.17, 15) is 26.7 Å². The Kier molecular flexibility index (Phi) is 4.23. The highest BCUT2D eigenvalue weighted by molar-refractivity contribution is 6.68. The van der Waals surface area contributed by atoms with Gasteiger partial charge in [0, 0.05) is 12.1 Å². The van der Waals surface area contributed by atoms with Gasteiger partial charge in [-0.3, -0.25) is 4.79 Å². The molecule has 1 heterocycles. The Morgan fingerprint density at radius 1 is 1.44 bits per heavy atom. The van der Waals surface area contributed by atoms with Crippen LogP contribution < -0.4 is 5.73 Å². The lowest BCUT2D eigenvalue weighted by Crippen LogP contribution is -2.17. The van der Waals surface area contributed by atoms with Crippen molar-refractivity contribution >= 4 is 16.8 Å². The van der Waals surface area contributed by atoms with Gasteiger partial charge in [-0.2, -0.15) is 13.2 Å². The summed E-state index contributed by atoms with van der Waals surface area (Å²) in [5.41, 5.74) is 1.03. The number of carbonyl (C=O) groups excluding carboxylic acids is 1. The second-order valence-electron chi connectivity index (χ2n) is 3.19. The maximum atomic E-state index is 12.6. The van der Waals surface area contributed by atoms with Crippen LogP contribution in [0.25, 0.3) is 0 Å². The van der Waals surface area contributed by atoms with Crippen molar-refractivity contribution in [1.82, 2.24) is 4.98 Å². The minimum atomic E-state index is -4.92. The smallest absolute Gasteiger partial charge is 0.325 e. The van der Waals surface area contributed by atoms with Gasteiger partial charge in [-0.05, 0) is 17.7 Å². The van der Waals surface area contributed by atoms with E-state index in [0.29, 0.717) is 0 Å². The molecular weight excluding hydrogens is 283 g/mol. The van der Waals surface area contributed by atoms with Crippen LogP contribution in [0.3, 0.4) is 0 Å². The predicted octanol–water partition coefficient (Wildman–Crippen LogP) is 2.88. The van der Waals surface area contributed by atoms with E-state index in [0.717, 1.165) is 0 Å². The summed E-state index contributed by atoms with van der Waals surface area (Å²) in [6.45, 7) is -0.614. The van der Waals surface area contributed by atoms with Gasteiger partial charge in [0.15, 0.2) is 0 Å². The third kappa shape index (κ3) is 2.94. The number of pyridine rings is 1. The maximum Gasteiger partial charge on any atom is 0.433 e. The van der Waals surface area contributed by atoms with Crippen LogP contribution in [0.4, 0.5) is 22.0 Å². The lowest BCUT2D eigenvalue weighted by Gasteiger charge is -2.13. The molecule has 18 heavy (non-hydrogen) atoms. The van der Waals surface area contributed by atoms with E-state index in [4.69, 9.17) is 17.3 Å². The first-order valence-electron chi connectivity index (χ1n) is 4.47. The first-order chi connectivity index (χ1) is 8.18. The molecule has 0 saturated heterocycles. The van der Waals surface area contributed by atoms with Crippen molar-refractivity contribution in [3.05, 3.63) is 28.6 Å². The number of halogens is 6. The van der Waals surface area contributed by atoms with E-state index < -0.39 is 46.9 Å². The Bertz CT molecular complexity index is 475. The summed E-state index contributed by atoms with van der Waals surface area (Å²) in [5.74, 6) is 0. The van der Waals surface area contributed by atoms with Gasteiger partial charge < -0.3 is 5.73 Å². The van der Waals surface area contributed by atoms with E-state index in [-0.39, 0.29) is 6.07 Å². The molecule has 1 rings (SSSR count). The molecule has 0 atom stereocenters. The average molecular weight is 289 g/mol. The van der Waals surface area contributed by atoms with Gasteiger partial charge in [-0.1, -0.05) is 0 Å². The summed E-state index contributed by atoms with van der Waals surface area (Å²) in [7, 11) is 0. The van der Waals surface area contributed by atoms with E-state index in [2.05, 4.69) is 4.98 Å². The number of hydrogen-bond donors (Lipinski definition) is 1. The fourth-order valence-electron chi connectivity index (χ4n) is 1.31. The zero-order chi connectivity index (χ0) is 14.1. The lowest BCUT2D eigenvalue weighted by molar-refractivity contribution is -0.141. The number of nitrogens with zero attached hydrogens (tertiary/aromatic N) is 1. The maximum absolute atomic E-state index is 12.6. The molecule has 1 aromatic heterocycles. The van der Waals surface area contributed by atoms with Gasteiger partial charge in [0.25, 0.3) is 11.7 Å². The van der Waals surface area contributed by atoms with Crippen molar-refractivity contribution in [1.29, 1.82) is 0 Å². The highest BCUT2D eigenvalue weighted by Crippen LogP contribution is 2.33. The van der Waals surface area contributed by atoms with Gasteiger partial charge in [0.05, 0.1) is 11.3 Å². The number of alkyl halides is 5. The molecule has 0 radical (unpaired) electrons. The first kappa shape index (κ1) is 14.8. The first-order valence-corrected chi connectivity index (χ1v) is 4.85. The van der Waals surface area contributed by atoms with Crippen molar-refractivity contribution in [2.75, 3.05) is 0 Å². The highest BCUT2D eigenvalue weighted by atomic mass is 35.5. The van der Waals surface area contributed by atoms with Crippen LogP contribution in [-0.4, -0.2) is 10.2 Å². The zero-order valence-corrected chi connectivity index (χ0v) is 9.32. The SMILES string of the molecule is NCc1nc(C(F)(F)F)cc(C(F)F)c1C(=O)Cl. The summed E-state index contributed by atoms with van der Waals surface area (Å²) < 4.78 is 62.5. The number of nitrogens with two attached hydrogens (primary N) is 1. The van der Waals surface area contributed by atoms with Gasteiger partial charge in [-0.15, -0.1) is 0 Å². The summed E-state index contributed by atoms with van der Waals surface area (Å²) in [4.78, 5) is 14.0. The van der Waals surface area contributed by atoms with Crippen LogP contribution in [0, 0.1) is 0 Å². The third-order valence-corrected chi connectivity index (χ3v) is 2.23. The normalized spacial score (nSPS) is 12.0. The van der Waals surface area contributed by atoms with Gasteiger partial charge in [0.2, 0.25) is 0 Å². The van der Waals surface area contributed by atoms with Crippen LogP contribution in [-0.2, 0) is 12.7 Å². The molecular formula is C9H6ClF5N2O. The van der Waals surface area contributed by atoms with E-state index in [1.807, 2.05) is 0 Å². The lowest BCUT2D eigenvalue weighted by atomic mass is 10.1. The molecule has 0 spiro atoms. The molecule has 100 valence electrons. The Morgan fingerprint density at radius 3 is 2.33 bits per heavy atom. The summed E-state index contributed by atoms with van der Waals surface area (Å²) in [5, 5.41) is -1.33. The van der Waals surface area contributed by atoms with Crippen LogP contribution in [0.1, 0.15) is 33.7 Å². The number of aromatic nitrogens is 1. The second kappa shape index (κ2) is 5.15. The molecule has 2 N–H and O–H groups in total. The monoisotopic (exact) mass is 288 g/mol. The van der Waals surface area contributed by atoms with E-state index in [1.54, 1.807) is 0 Å². The van der Waals surface area contributed by atoms with E-state index in [1.165, 1.54) is 0 Å². The minimum Gasteiger partial charge on any atom is -0.325 e. The predicted molar refractivity (Wildman–Crippen MR) is 52.3 cm³/mol. The molecule has 0 saturated carbocycles. The Morgan fingerprint density at radius 2 is 2.00 bits per heavy atom. The number of rotatable bonds is 3. The molecule has 0 bridgehead atoms. The number of hydrogen-bond acceptors (Lipinski definition) is 3. The Labute approximate surface area is 103 Å². The Hall–Kier alpha value is -1.28. The zero-order valence-electron chi connectivity index (χ0n) is 8.56. The molecule has 9 heteroatoms. The minimum absolute atomic E-state index is 0.0967. The fourth-order valence-corrected chi connectivity index (χ4v) is 1.53. The quantitative estimate of drug-likeness (QED) is 0.687. The summed E-state index contributed by atoms with van der Waals surface area (Å²) in [6, 6.07) is 0.0967.